The number of aryl methyl sites for hydroxylation is 1. The molecular weight excluding hydrogens is 418 g/mol. The minimum atomic E-state index is -3.97. The summed E-state index contributed by atoms with van der Waals surface area (Å²) in [6, 6.07) is 19.6. The normalized spacial score (nSPS) is 12.2. The second-order valence-corrected chi connectivity index (χ2v) is 8.69. The molecule has 2 N–H and O–H groups in total. The number of anilines is 1. The highest BCUT2D eigenvalue weighted by atomic mass is 32.2. The number of nitro benzene ring substituents is 1. The topological polar surface area (TPSA) is 118 Å². The molecule has 1 unspecified atom stereocenters. The molecule has 9 heteroatoms. The van der Waals surface area contributed by atoms with Crippen molar-refractivity contribution in [2.24, 2.45) is 0 Å². The smallest absolute Gasteiger partial charge is 0.271 e. The number of nitrogens with zero attached hydrogens (tertiary/aromatic N) is 1. The molecule has 1 amide bonds. The van der Waals surface area contributed by atoms with E-state index < -0.39 is 26.9 Å². The second kappa shape index (κ2) is 9.50. The molecule has 0 radical (unpaired) electrons. The van der Waals surface area contributed by atoms with Crippen LogP contribution in [0.5, 0.6) is 0 Å². The van der Waals surface area contributed by atoms with E-state index >= 15 is 0 Å². The summed E-state index contributed by atoms with van der Waals surface area (Å²) in [7, 11) is -3.97. The van der Waals surface area contributed by atoms with E-state index in [9.17, 15) is 23.3 Å². The van der Waals surface area contributed by atoms with Crippen molar-refractivity contribution in [1.29, 1.82) is 0 Å². The van der Waals surface area contributed by atoms with Crippen LogP contribution >= 0.6 is 0 Å². The van der Waals surface area contributed by atoms with Crippen molar-refractivity contribution in [3.8, 4) is 0 Å². The standard InChI is InChI=1S/C22H21N3O5S/c1-16-10-12-20(13-11-16)31(29,30)24-21(14-17-6-3-2-4-7-17)22(26)23-18-8-5-9-19(15-18)25(27)28/h2-13,15,21,24H,14H2,1H3,(H,23,26). The van der Waals surface area contributed by atoms with Crippen molar-refractivity contribution in [3.05, 3.63) is 100 Å². The molecule has 0 spiro atoms. The summed E-state index contributed by atoms with van der Waals surface area (Å²) in [6.07, 6.45) is 0.104. The first-order valence-electron chi connectivity index (χ1n) is 9.43. The molecular formula is C22H21N3O5S. The fourth-order valence-corrected chi connectivity index (χ4v) is 4.13. The lowest BCUT2D eigenvalue weighted by Crippen LogP contribution is -2.45. The van der Waals surface area contributed by atoms with Crippen LogP contribution < -0.4 is 10.0 Å². The van der Waals surface area contributed by atoms with Crippen molar-refractivity contribution >= 4 is 27.3 Å². The quantitative estimate of drug-likeness (QED) is 0.412. The summed E-state index contributed by atoms with van der Waals surface area (Å²) < 4.78 is 28.2. The molecule has 0 saturated heterocycles. The van der Waals surface area contributed by atoms with Crippen molar-refractivity contribution in [2.45, 2.75) is 24.3 Å². The average Bonchev–Trinajstić information content (AvgIpc) is 2.74. The van der Waals surface area contributed by atoms with Crippen LogP contribution in [0.15, 0.2) is 83.8 Å². The SMILES string of the molecule is Cc1ccc(S(=O)(=O)NC(Cc2ccccc2)C(=O)Nc2cccc([N+](=O)[O-])c2)cc1. The molecule has 0 aliphatic carbocycles. The zero-order valence-electron chi connectivity index (χ0n) is 16.7. The molecule has 0 bridgehead atoms. The maximum atomic E-state index is 13.0. The Hall–Kier alpha value is -3.56. The van der Waals surface area contributed by atoms with Gasteiger partial charge in [-0.15, -0.1) is 0 Å². The Morgan fingerprint density at radius 2 is 1.68 bits per heavy atom. The molecule has 0 aromatic heterocycles. The summed E-state index contributed by atoms with van der Waals surface area (Å²) in [4.78, 5) is 23.4. The lowest BCUT2D eigenvalue weighted by Gasteiger charge is -2.19. The first kappa shape index (κ1) is 22.1. The Bertz CT molecular complexity index is 1180. The Labute approximate surface area is 180 Å². The third-order valence-corrected chi connectivity index (χ3v) is 6.04. The average molecular weight is 439 g/mol. The molecule has 0 aliphatic heterocycles. The van der Waals surface area contributed by atoms with Crippen LogP contribution in [0, 0.1) is 17.0 Å². The number of non-ortho nitro benzene ring substituents is 1. The van der Waals surface area contributed by atoms with Crippen molar-refractivity contribution in [1.82, 2.24) is 4.72 Å². The van der Waals surface area contributed by atoms with Gasteiger partial charge in [0.1, 0.15) is 6.04 Å². The van der Waals surface area contributed by atoms with Gasteiger partial charge < -0.3 is 5.32 Å². The second-order valence-electron chi connectivity index (χ2n) is 6.97. The van der Waals surface area contributed by atoms with E-state index in [1.54, 1.807) is 36.4 Å². The highest BCUT2D eigenvalue weighted by molar-refractivity contribution is 7.89. The number of benzene rings is 3. The van der Waals surface area contributed by atoms with Gasteiger partial charge in [0, 0.05) is 17.8 Å². The fraction of sp³-hybridized carbons (Fsp3) is 0.136. The Kier molecular flexibility index (Phi) is 6.78. The molecule has 3 rings (SSSR count). The maximum absolute atomic E-state index is 13.0. The summed E-state index contributed by atoms with van der Waals surface area (Å²) in [6.45, 7) is 1.84. The minimum absolute atomic E-state index is 0.0410. The van der Waals surface area contributed by atoms with E-state index in [-0.39, 0.29) is 22.7 Å². The van der Waals surface area contributed by atoms with Gasteiger partial charge in [0.25, 0.3) is 5.69 Å². The van der Waals surface area contributed by atoms with Gasteiger partial charge in [-0.2, -0.15) is 4.72 Å². The Morgan fingerprint density at radius 3 is 2.32 bits per heavy atom. The van der Waals surface area contributed by atoms with Crippen molar-refractivity contribution < 1.29 is 18.1 Å². The molecule has 0 heterocycles. The predicted octanol–water partition coefficient (Wildman–Crippen LogP) is 3.43. The van der Waals surface area contributed by atoms with E-state index in [4.69, 9.17) is 0 Å². The van der Waals surface area contributed by atoms with E-state index in [1.807, 2.05) is 13.0 Å². The van der Waals surface area contributed by atoms with Crippen molar-refractivity contribution in [2.75, 3.05) is 5.32 Å². The highest BCUT2D eigenvalue weighted by Crippen LogP contribution is 2.18. The molecule has 3 aromatic rings. The van der Waals surface area contributed by atoms with Crippen LogP contribution in [-0.4, -0.2) is 25.3 Å². The number of hydrogen-bond acceptors (Lipinski definition) is 5. The number of nitrogens with one attached hydrogen (secondary N) is 2. The number of hydrogen-bond donors (Lipinski definition) is 2. The molecule has 8 nitrogen and oxygen atoms in total. The third kappa shape index (κ3) is 5.97. The molecule has 3 aromatic carbocycles. The van der Waals surface area contributed by atoms with Gasteiger partial charge in [0.15, 0.2) is 0 Å². The van der Waals surface area contributed by atoms with Crippen LogP contribution in [-0.2, 0) is 21.2 Å². The number of sulfonamides is 1. The number of carbonyl (C=O) groups excluding carboxylic acids is 1. The van der Waals surface area contributed by atoms with Crippen LogP contribution in [0.1, 0.15) is 11.1 Å². The zero-order chi connectivity index (χ0) is 22.4. The van der Waals surface area contributed by atoms with E-state index in [1.165, 1.54) is 36.4 Å². The van der Waals surface area contributed by atoms with Gasteiger partial charge in [-0.05, 0) is 37.1 Å². The zero-order valence-corrected chi connectivity index (χ0v) is 17.5. The van der Waals surface area contributed by atoms with E-state index in [0.717, 1.165) is 11.1 Å². The molecule has 0 saturated carbocycles. The predicted molar refractivity (Wildman–Crippen MR) is 117 cm³/mol. The first-order valence-corrected chi connectivity index (χ1v) is 10.9. The first-order chi connectivity index (χ1) is 14.7. The van der Waals surface area contributed by atoms with Gasteiger partial charge in [0.2, 0.25) is 15.9 Å². The summed E-state index contributed by atoms with van der Waals surface area (Å²) >= 11 is 0. The van der Waals surface area contributed by atoms with Crippen LogP contribution in [0.4, 0.5) is 11.4 Å². The van der Waals surface area contributed by atoms with E-state index in [0.29, 0.717) is 0 Å². The van der Waals surface area contributed by atoms with Crippen LogP contribution in [0.3, 0.4) is 0 Å². The summed E-state index contributed by atoms with van der Waals surface area (Å²) in [5.41, 5.74) is 1.68. The monoisotopic (exact) mass is 439 g/mol. The minimum Gasteiger partial charge on any atom is -0.324 e. The molecule has 0 aliphatic rings. The van der Waals surface area contributed by atoms with Gasteiger partial charge >= 0.3 is 0 Å². The largest absolute Gasteiger partial charge is 0.324 e. The van der Waals surface area contributed by atoms with Gasteiger partial charge in [-0.1, -0.05) is 54.1 Å². The lowest BCUT2D eigenvalue weighted by atomic mass is 10.1. The van der Waals surface area contributed by atoms with Gasteiger partial charge in [0.05, 0.1) is 9.82 Å². The number of amides is 1. The molecule has 1 atom stereocenters. The van der Waals surface area contributed by atoms with Crippen LogP contribution in [0.25, 0.3) is 0 Å². The molecule has 160 valence electrons. The van der Waals surface area contributed by atoms with Crippen LogP contribution in [0.2, 0.25) is 0 Å². The van der Waals surface area contributed by atoms with Crippen molar-refractivity contribution in [3.63, 3.8) is 0 Å². The summed E-state index contributed by atoms with van der Waals surface area (Å²) in [5.74, 6) is -0.625. The fourth-order valence-electron chi connectivity index (χ4n) is 2.94. The maximum Gasteiger partial charge on any atom is 0.271 e. The Balaban J connectivity index is 1.86. The Morgan fingerprint density at radius 1 is 1.00 bits per heavy atom. The summed E-state index contributed by atoms with van der Waals surface area (Å²) in [5, 5.41) is 13.6. The lowest BCUT2D eigenvalue weighted by molar-refractivity contribution is -0.384. The number of nitro groups is 1. The van der Waals surface area contributed by atoms with Gasteiger partial charge in [-0.25, -0.2) is 8.42 Å². The van der Waals surface area contributed by atoms with Gasteiger partial charge in [-0.3, -0.25) is 14.9 Å². The number of carbonyl (C=O) groups is 1. The molecule has 0 fully saturated rings. The third-order valence-electron chi connectivity index (χ3n) is 4.55. The number of rotatable bonds is 8. The molecule has 31 heavy (non-hydrogen) atoms. The van der Waals surface area contributed by atoms with E-state index in [2.05, 4.69) is 10.0 Å². The highest BCUT2D eigenvalue weighted by Gasteiger charge is 2.26.